The minimum atomic E-state index is -1.32. The highest BCUT2D eigenvalue weighted by Crippen LogP contribution is 2.51. The third-order valence-corrected chi connectivity index (χ3v) is 8.89. The molecule has 2 fully saturated rings. The van der Waals surface area contributed by atoms with E-state index < -0.39 is 11.7 Å². The average molecular weight is 589 g/mol. The molecule has 2 unspecified atom stereocenters. The van der Waals surface area contributed by atoms with Crippen LogP contribution in [-0.2, 0) is 15.8 Å². The van der Waals surface area contributed by atoms with Gasteiger partial charge in [0.2, 0.25) is 0 Å². The fourth-order valence-corrected chi connectivity index (χ4v) is 6.05. The van der Waals surface area contributed by atoms with Gasteiger partial charge in [-0.1, -0.05) is 13.8 Å². The van der Waals surface area contributed by atoms with Crippen molar-refractivity contribution in [2.24, 2.45) is 5.92 Å². The molecule has 0 radical (unpaired) electrons. The second-order valence-corrected chi connectivity index (χ2v) is 12.5. The number of benzene rings is 2. The molecule has 2 aliphatic heterocycles. The van der Waals surface area contributed by atoms with Gasteiger partial charge in [-0.3, -0.25) is 9.59 Å². The second kappa shape index (κ2) is 10.9. The van der Waals surface area contributed by atoms with Gasteiger partial charge in [-0.15, -0.1) is 0 Å². The number of pyridine rings is 1. The summed E-state index contributed by atoms with van der Waals surface area (Å²) in [6.45, 7) is 6.90. The summed E-state index contributed by atoms with van der Waals surface area (Å²) < 4.78 is 31.6. The molecule has 6 rings (SSSR count). The number of aromatic nitrogens is 1. The SMILES string of the molecule is COc1cc(C(=O)CCC(O)(c2cc3c(c(-c4ccc(F)c(C)c4)n2)OCC3(C)C)C2CC2)ccc1OC1CCNC1=O. The lowest BCUT2D eigenvalue weighted by atomic mass is 9.81. The number of hydrogen-bond donors (Lipinski definition) is 2. The second-order valence-electron chi connectivity index (χ2n) is 12.5. The third-order valence-electron chi connectivity index (χ3n) is 8.89. The summed E-state index contributed by atoms with van der Waals surface area (Å²) in [5.74, 6) is 0.763. The number of aryl methyl sites for hydroxylation is 1. The molecule has 2 atom stereocenters. The molecule has 3 heterocycles. The highest BCUT2D eigenvalue weighted by molar-refractivity contribution is 5.96. The third kappa shape index (κ3) is 5.46. The molecule has 3 aliphatic rings. The molecule has 8 nitrogen and oxygen atoms in total. The number of amides is 1. The maximum absolute atomic E-state index is 14.1. The number of carbonyl (C=O) groups is 2. The maximum atomic E-state index is 14.1. The fraction of sp³-hybridized carbons (Fsp3) is 0.441. The van der Waals surface area contributed by atoms with Crippen molar-refractivity contribution in [2.75, 3.05) is 20.3 Å². The zero-order chi connectivity index (χ0) is 30.5. The fourth-order valence-electron chi connectivity index (χ4n) is 6.05. The van der Waals surface area contributed by atoms with E-state index in [0.717, 1.165) is 18.4 Å². The molecule has 1 saturated heterocycles. The van der Waals surface area contributed by atoms with E-state index in [1.807, 2.05) is 6.07 Å². The number of fused-ring (bicyclic) bond motifs is 1. The molecule has 1 amide bonds. The Bertz CT molecular complexity index is 1600. The van der Waals surface area contributed by atoms with Gasteiger partial charge in [-0.25, -0.2) is 9.37 Å². The maximum Gasteiger partial charge on any atom is 0.261 e. The lowest BCUT2D eigenvalue weighted by Crippen LogP contribution is -2.31. The van der Waals surface area contributed by atoms with Gasteiger partial charge in [0.25, 0.3) is 5.91 Å². The number of halogens is 1. The highest BCUT2D eigenvalue weighted by Gasteiger charge is 2.48. The van der Waals surface area contributed by atoms with Gasteiger partial charge in [0.15, 0.2) is 23.4 Å². The van der Waals surface area contributed by atoms with Crippen molar-refractivity contribution in [3.8, 4) is 28.5 Å². The number of rotatable bonds is 10. The number of methoxy groups -OCH3 is 1. The largest absolute Gasteiger partial charge is 0.493 e. The van der Waals surface area contributed by atoms with Crippen LogP contribution >= 0.6 is 0 Å². The van der Waals surface area contributed by atoms with Crippen molar-refractivity contribution in [3.05, 3.63) is 70.7 Å². The van der Waals surface area contributed by atoms with Crippen LogP contribution in [0.4, 0.5) is 4.39 Å². The summed E-state index contributed by atoms with van der Waals surface area (Å²) in [5.41, 5.74) is 2.03. The van der Waals surface area contributed by atoms with Crippen molar-refractivity contribution >= 4 is 11.7 Å². The predicted octanol–water partition coefficient (Wildman–Crippen LogP) is 5.40. The molecule has 0 spiro atoms. The zero-order valence-electron chi connectivity index (χ0n) is 25.0. The summed E-state index contributed by atoms with van der Waals surface area (Å²) >= 11 is 0. The Morgan fingerprint density at radius 1 is 1.16 bits per heavy atom. The Morgan fingerprint density at radius 2 is 1.95 bits per heavy atom. The van der Waals surface area contributed by atoms with Gasteiger partial charge in [-0.05, 0) is 80.1 Å². The molecule has 3 aromatic rings. The first-order chi connectivity index (χ1) is 20.5. The molecule has 2 aromatic carbocycles. The Labute approximate surface area is 250 Å². The first kappa shape index (κ1) is 29.1. The first-order valence-corrected chi connectivity index (χ1v) is 14.8. The number of ether oxygens (including phenoxy) is 3. The van der Waals surface area contributed by atoms with Crippen LogP contribution in [0.15, 0.2) is 42.5 Å². The van der Waals surface area contributed by atoms with E-state index in [4.69, 9.17) is 19.2 Å². The summed E-state index contributed by atoms with van der Waals surface area (Å²) in [5, 5.41) is 15.0. The lowest BCUT2D eigenvalue weighted by Gasteiger charge is -2.29. The molecule has 1 saturated carbocycles. The predicted molar refractivity (Wildman–Crippen MR) is 158 cm³/mol. The van der Waals surface area contributed by atoms with Gasteiger partial charge < -0.3 is 24.6 Å². The van der Waals surface area contributed by atoms with Crippen LogP contribution in [-0.4, -0.2) is 48.1 Å². The van der Waals surface area contributed by atoms with Crippen molar-refractivity contribution in [1.82, 2.24) is 10.3 Å². The van der Waals surface area contributed by atoms with E-state index in [0.29, 0.717) is 64.9 Å². The standard InChI is InChI=1S/C34H37FN2O6/c1-19-15-21(5-9-24(19)35)30-31-23(33(2,3)18-42-31)17-29(37-30)34(40,22-7-8-22)13-11-25(38)20-6-10-26(28(16-20)41-4)43-27-12-14-36-32(27)39/h5-6,9-10,15-17,22,27,40H,7-8,11-14,18H2,1-4H3,(H,36,39). The summed E-state index contributed by atoms with van der Waals surface area (Å²) in [6, 6.07) is 11.7. The Kier molecular flexibility index (Phi) is 7.40. The smallest absolute Gasteiger partial charge is 0.261 e. The molecule has 2 N–H and O–H groups in total. The van der Waals surface area contributed by atoms with Crippen molar-refractivity contribution in [1.29, 1.82) is 0 Å². The molecular weight excluding hydrogens is 551 g/mol. The van der Waals surface area contributed by atoms with E-state index in [1.165, 1.54) is 13.2 Å². The van der Waals surface area contributed by atoms with Crippen LogP contribution in [0.3, 0.4) is 0 Å². The van der Waals surface area contributed by atoms with Gasteiger partial charge >= 0.3 is 0 Å². The highest BCUT2D eigenvalue weighted by atomic mass is 19.1. The average Bonchev–Trinajstić information content (AvgIpc) is 3.72. The number of nitrogens with zero attached hydrogens (tertiary/aromatic N) is 1. The first-order valence-electron chi connectivity index (χ1n) is 14.8. The number of aliphatic hydroxyl groups is 1. The Morgan fingerprint density at radius 3 is 2.63 bits per heavy atom. The molecule has 0 bridgehead atoms. The minimum Gasteiger partial charge on any atom is -0.493 e. The quantitative estimate of drug-likeness (QED) is 0.305. The van der Waals surface area contributed by atoms with E-state index in [-0.39, 0.29) is 41.7 Å². The monoisotopic (exact) mass is 588 g/mol. The molecule has 9 heteroatoms. The van der Waals surface area contributed by atoms with E-state index >= 15 is 0 Å². The van der Waals surface area contributed by atoms with E-state index in [9.17, 15) is 19.1 Å². The van der Waals surface area contributed by atoms with E-state index in [2.05, 4.69) is 19.2 Å². The number of Topliss-reactive ketones (excluding diaryl/α,β-unsaturated/α-hetero) is 1. The van der Waals surface area contributed by atoms with Crippen LogP contribution in [0.1, 0.15) is 73.1 Å². The van der Waals surface area contributed by atoms with Crippen molar-refractivity contribution in [3.63, 3.8) is 0 Å². The molecule has 226 valence electrons. The van der Waals surface area contributed by atoms with Crippen molar-refractivity contribution < 1.29 is 33.3 Å². The van der Waals surface area contributed by atoms with Gasteiger partial charge in [0.1, 0.15) is 22.9 Å². The van der Waals surface area contributed by atoms with Crippen LogP contribution in [0.25, 0.3) is 11.3 Å². The van der Waals surface area contributed by atoms with Crippen LogP contribution < -0.4 is 19.5 Å². The normalized spacial score (nSPS) is 20.1. The van der Waals surface area contributed by atoms with Crippen LogP contribution in [0.5, 0.6) is 17.2 Å². The van der Waals surface area contributed by atoms with Gasteiger partial charge in [0.05, 0.1) is 19.4 Å². The summed E-state index contributed by atoms with van der Waals surface area (Å²) in [6.07, 6.45) is 1.92. The topological polar surface area (TPSA) is 107 Å². The minimum absolute atomic E-state index is 0.0260. The molecule has 1 aliphatic carbocycles. The number of carbonyl (C=O) groups excluding carboxylic acids is 2. The van der Waals surface area contributed by atoms with E-state index in [1.54, 1.807) is 37.3 Å². The lowest BCUT2D eigenvalue weighted by molar-refractivity contribution is -0.124. The van der Waals surface area contributed by atoms with Gasteiger partial charge in [0, 0.05) is 41.5 Å². The molecular formula is C34H37FN2O6. The number of nitrogens with one attached hydrogen (secondary N) is 1. The summed E-state index contributed by atoms with van der Waals surface area (Å²) in [7, 11) is 1.49. The number of hydrogen-bond acceptors (Lipinski definition) is 7. The Balaban J connectivity index is 1.29. The summed E-state index contributed by atoms with van der Waals surface area (Å²) in [4.78, 5) is 30.3. The molecule has 43 heavy (non-hydrogen) atoms. The van der Waals surface area contributed by atoms with Gasteiger partial charge in [-0.2, -0.15) is 0 Å². The number of ketones is 1. The Hall–Kier alpha value is -3.98. The molecule has 1 aromatic heterocycles. The zero-order valence-corrected chi connectivity index (χ0v) is 25.0. The van der Waals surface area contributed by atoms with Crippen LogP contribution in [0, 0.1) is 18.7 Å². The van der Waals surface area contributed by atoms with Crippen molar-refractivity contribution in [2.45, 2.75) is 70.0 Å². The van der Waals surface area contributed by atoms with Crippen LogP contribution in [0.2, 0.25) is 0 Å².